The average Bonchev–Trinajstić information content (AvgIpc) is 0.893. The number of hydrogen-bond donors (Lipinski definition) is 10. The lowest BCUT2D eigenvalue weighted by molar-refractivity contribution is 0.0945. The largest absolute Gasteiger partial charge is 0.497 e. The lowest BCUT2D eigenvalue weighted by atomic mass is 9.95. The number of likely N-dealkylation sites (N-methyl/N-ethyl adjacent to an activating group) is 1. The average molecular weight is 1930 g/mol. The number of methoxy groups -OCH3 is 2. The molecule has 0 spiro atoms. The molecule has 0 atom stereocenters. The summed E-state index contributed by atoms with van der Waals surface area (Å²) >= 11 is 0. The van der Waals surface area contributed by atoms with Gasteiger partial charge in [0.1, 0.15) is 97.8 Å². The molecular formula is C111H148N24O7. The van der Waals surface area contributed by atoms with Crippen molar-refractivity contribution in [2.45, 2.75) is 263 Å². The molecule has 10 aromatic rings. The minimum absolute atomic E-state index is 0.0744. The van der Waals surface area contributed by atoms with E-state index in [0.717, 1.165) is 158 Å². The maximum absolute atomic E-state index is 12.9. The molecule has 0 radical (unpaired) electrons. The van der Waals surface area contributed by atoms with Gasteiger partial charge in [-0.3, -0.25) is 24.0 Å². The molecule has 7 heterocycles. The number of piperazine rings is 1. The van der Waals surface area contributed by atoms with Gasteiger partial charge < -0.3 is 77.3 Å². The zero-order valence-corrected chi connectivity index (χ0v) is 84.4. The fourth-order valence-corrected chi connectivity index (χ4v) is 19.0. The van der Waals surface area contributed by atoms with Gasteiger partial charge in [-0.15, -0.1) is 0 Å². The number of rotatable bonds is 34. The zero-order chi connectivity index (χ0) is 99.4. The van der Waals surface area contributed by atoms with Gasteiger partial charge in [-0.05, 0) is 220 Å². The van der Waals surface area contributed by atoms with Crippen LogP contribution in [0.5, 0.6) is 11.5 Å². The van der Waals surface area contributed by atoms with Gasteiger partial charge in [0.25, 0.3) is 29.5 Å². The quantitative estimate of drug-likeness (QED) is 0.0179. The molecule has 0 bridgehead atoms. The first kappa shape index (κ1) is 106. The number of nitrogens with one attached hydrogen (secondary N) is 10. The molecule has 5 aromatic heterocycles. The van der Waals surface area contributed by atoms with E-state index in [2.05, 4.69) is 185 Å². The van der Waals surface area contributed by atoms with Gasteiger partial charge >= 0.3 is 0 Å². The molecule has 5 aromatic carbocycles. The third kappa shape index (κ3) is 34.4. The van der Waals surface area contributed by atoms with Gasteiger partial charge in [-0.2, -0.15) is 5.26 Å². The monoisotopic (exact) mass is 1930 g/mol. The van der Waals surface area contributed by atoms with Crippen LogP contribution in [0.25, 0.3) is 0 Å². The maximum Gasteiger partial charge on any atom is 0.256 e. The van der Waals surface area contributed by atoms with Crippen molar-refractivity contribution in [1.29, 1.82) is 5.26 Å². The molecule has 0 unspecified atom stereocenters. The van der Waals surface area contributed by atoms with Gasteiger partial charge in [0, 0.05) is 145 Å². The topological polar surface area (TPSA) is 387 Å². The molecule has 10 N–H and O–H groups in total. The van der Waals surface area contributed by atoms with Crippen LogP contribution in [0.1, 0.15) is 282 Å². The molecule has 31 heteroatoms. The number of aromatic nitrogens is 10. The van der Waals surface area contributed by atoms with E-state index >= 15 is 0 Å². The second-order valence-electron chi connectivity index (χ2n) is 38.2. The molecule has 31 nitrogen and oxygen atoms in total. The van der Waals surface area contributed by atoms with Crippen molar-refractivity contribution in [3.8, 4) is 17.6 Å². The van der Waals surface area contributed by atoms with E-state index in [9.17, 15) is 29.2 Å². The van der Waals surface area contributed by atoms with Gasteiger partial charge in [-0.25, -0.2) is 49.8 Å². The Morgan fingerprint density at radius 3 is 0.915 bits per heavy atom. The first-order chi connectivity index (χ1) is 69.3. The summed E-state index contributed by atoms with van der Waals surface area (Å²) in [6.07, 6.45) is 44.2. The van der Waals surface area contributed by atoms with E-state index in [0.29, 0.717) is 137 Å². The third-order valence-corrected chi connectivity index (χ3v) is 27.3. The first-order valence-corrected chi connectivity index (χ1v) is 51.9. The van der Waals surface area contributed by atoms with Crippen LogP contribution >= 0.6 is 0 Å². The van der Waals surface area contributed by atoms with Crippen molar-refractivity contribution >= 4 is 70.0 Å². The normalized spacial score (nSPS) is 15.8. The summed E-state index contributed by atoms with van der Waals surface area (Å²) in [6.45, 7) is 16.8. The molecule has 2 saturated heterocycles. The minimum atomic E-state index is -0.216. The second-order valence-corrected chi connectivity index (χ2v) is 38.2. The van der Waals surface area contributed by atoms with Crippen LogP contribution < -0.4 is 72.4 Å². The molecule has 5 amide bonds. The molecule has 17 rings (SSSR count). The highest BCUT2D eigenvalue weighted by Gasteiger charge is 2.27. The van der Waals surface area contributed by atoms with Gasteiger partial charge in [0.2, 0.25) is 5.82 Å². The molecule has 5 aliphatic carbocycles. The lowest BCUT2D eigenvalue weighted by Gasteiger charge is -2.34. The van der Waals surface area contributed by atoms with Crippen molar-refractivity contribution in [1.82, 2.24) is 81.3 Å². The molecule has 5 saturated carbocycles. The van der Waals surface area contributed by atoms with Crippen molar-refractivity contribution in [3.63, 3.8) is 0 Å². The van der Waals surface area contributed by atoms with Crippen LogP contribution in [0.4, 0.5) is 40.5 Å². The SMILES string of the molecule is CN1CCN(c2ccc(CCNC(=O)c3cnc(C#N)nc3NC3CCCCC3)cc2)CC1.COc1ccc(CCNC(=O)c2cnc(C)nc2NC2CCCCC2)cc1.COc1cccc(CCNC(=O)c2cnc(C)nc2NC2CCCCC2)c1.Cc1ncc(C(=O)NCCc2ccc(N3CCCC3)cc2)c(NC2CCCCC2)n1.Cc1ncc(C(=O)NCCc2ccccc2)c(NC2CCCCC2)n1. The summed E-state index contributed by atoms with van der Waals surface area (Å²) in [5.41, 5.74) is 10.9. The Hall–Kier alpha value is -13.5. The van der Waals surface area contributed by atoms with Gasteiger partial charge in [0.05, 0.1) is 14.2 Å². The Balaban J connectivity index is 0.000000150. The standard InChI is InChI=1S/C25H33N7O.C24H33N5O.2C21H28N4O2.C20H26N4O/c1-31-13-15-32(16-14-31)21-9-7-19(8-10-21)11-12-27-25(33)22-18-28-23(17-26)30-24(22)29-20-5-3-2-4-6-20;1-18-26-17-22(23(27-18)28-20-7-3-2-4-8-20)24(30)25-14-13-19-9-11-21(12-10-19)29-15-5-6-16-29;1-15-23-14-19(20(24-15)25-17-8-4-3-5-9-17)21(26)22-12-11-16-7-6-10-18(13-16)27-2;1-15-23-14-19(20(24-15)25-17-6-4-3-5-7-17)21(26)22-13-12-16-8-10-18(27-2)11-9-16;1-15-22-14-18(19(23-15)24-17-10-6-3-7-11-17)20(25)21-13-12-16-8-4-2-5-9-16/h7-10,18,20H,2-6,11-16H2,1H3,(H,27,33)(H,28,29,30);9-12,17,20H,2-8,13-16H2,1H3,(H,25,30)(H,26,27,28);6-7,10,13-14,17H,3-5,8-9,11-12H2,1-2H3,(H,22,26)(H,23,24,25);8-11,14,17H,3-7,12-13H2,1-2H3,(H,22,26)(H,23,24,25);2,4-5,8-9,14,17H,3,6-7,10-13H2,1H3,(H,21,25)(H,22,23,24). The van der Waals surface area contributed by atoms with E-state index in [-0.39, 0.29) is 41.4 Å². The molecule has 754 valence electrons. The highest BCUT2D eigenvalue weighted by Crippen LogP contribution is 2.31. The Kier molecular flexibility index (Phi) is 42.3. The first-order valence-electron chi connectivity index (χ1n) is 51.9. The van der Waals surface area contributed by atoms with Crippen LogP contribution in [0, 0.1) is 39.0 Å². The lowest BCUT2D eigenvalue weighted by Crippen LogP contribution is -2.44. The number of ether oxygens (including phenoxy) is 2. The minimum Gasteiger partial charge on any atom is -0.497 e. The van der Waals surface area contributed by atoms with Crippen LogP contribution in [0.2, 0.25) is 0 Å². The van der Waals surface area contributed by atoms with Crippen molar-refractivity contribution in [2.24, 2.45) is 0 Å². The summed E-state index contributed by atoms with van der Waals surface area (Å²) in [5, 5.41) is 41.4. The fourth-order valence-electron chi connectivity index (χ4n) is 19.0. The van der Waals surface area contributed by atoms with Crippen LogP contribution in [0.3, 0.4) is 0 Å². The zero-order valence-electron chi connectivity index (χ0n) is 84.4. The van der Waals surface area contributed by atoms with E-state index in [1.807, 2.05) is 100 Å². The number of carbonyl (C=O) groups is 5. The summed E-state index contributed by atoms with van der Waals surface area (Å²) < 4.78 is 10.4. The van der Waals surface area contributed by atoms with Gasteiger partial charge in [0.15, 0.2) is 0 Å². The maximum atomic E-state index is 12.9. The molecule has 7 aliphatic rings. The van der Waals surface area contributed by atoms with E-state index in [1.54, 1.807) is 39.0 Å². The van der Waals surface area contributed by atoms with E-state index < -0.39 is 0 Å². The summed E-state index contributed by atoms with van der Waals surface area (Å²) in [6, 6.07) is 47.1. The second kappa shape index (κ2) is 56.8. The number of anilines is 7. The highest BCUT2D eigenvalue weighted by atomic mass is 16.5. The molecule has 142 heavy (non-hydrogen) atoms. The van der Waals surface area contributed by atoms with Crippen molar-refractivity contribution in [2.75, 3.05) is 130 Å². The number of nitrogens with zero attached hydrogens (tertiary/aromatic N) is 14. The van der Waals surface area contributed by atoms with E-state index in [4.69, 9.17) is 9.47 Å². The van der Waals surface area contributed by atoms with Crippen LogP contribution in [-0.4, -0.2) is 208 Å². The number of hydrogen-bond acceptors (Lipinski definition) is 26. The number of nitriles is 1. The Bertz CT molecular complexity index is 5630. The van der Waals surface area contributed by atoms with Crippen molar-refractivity contribution < 1.29 is 33.4 Å². The summed E-state index contributed by atoms with van der Waals surface area (Å²) in [4.78, 5) is 114. The van der Waals surface area contributed by atoms with Gasteiger partial charge in [-0.1, -0.05) is 175 Å². The van der Waals surface area contributed by atoms with E-state index in [1.165, 1.54) is 143 Å². The number of carbonyl (C=O) groups excluding carboxylic acids is 5. The highest BCUT2D eigenvalue weighted by molar-refractivity contribution is 6.01. The smallest absolute Gasteiger partial charge is 0.256 e. The Morgan fingerprint density at radius 2 is 0.599 bits per heavy atom. The number of amides is 5. The van der Waals surface area contributed by atoms with Crippen molar-refractivity contribution in [3.05, 3.63) is 243 Å². The molecule has 7 fully saturated rings. The van der Waals surface area contributed by atoms with Crippen LogP contribution in [-0.2, 0) is 32.1 Å². The van der Waals surface area contributed by atoms with Crippen LogP contribution in [0.15, 0.2) is 158 Å². The number of aryl methyl sites for hydroxylation is 4. The fraction of sp³-hybridized carbons (Fsp3) is 0.495. The summed E-state index contributed by atoms with van der Waals surface area (Å²) in [5.74, 6) is 6.80. The predicted octanol–water partition coefficient (Wildman–Crippen LogP) is 17.4. The molecule has 2 aliphatic heterocycles. The summed E-state index contributed by atoms with van der Waals surface area (Å²) in [7, 11) is 5.46. The third-order valence-electron chi connectivity index (χ3n) is 27.3. The Morgan fingerprint density at radius 1 is 0.317 bits per heavy atom. The Labute approximate surface area is 839 Å². The number of benzene rings is 5. The predicted molar refractivity (Wildman–Crippen MR) is 563 cm³/mol. The molecular weight excluding hydrogens is 1780 g/mol.